The van der Waals surface area contributed by atoms with Gasteiger partial charge in [0.2, 0.25) is 20.0 Å². The first-order chi connectivity index (χ1) is 10.9. The van der Waals surface area contributed by atoms with Gasteiger partial charge in [0, 0.05) is 6.04 Å². The summed E-state index contributed by atoms with van der Waals surface area (Å²) in [4.78, 5) is 0.0452. The smallest absolute Gasteiger partial charge is 0.240 e. The summed E-state index contributed by atoms with van der Waals surface area (Å²) in [5, 5.41) is 0. The Balaban J connectivity index is 1.72. The first kappa shape index (κ1) is 16.2. The second-order valence-corrected chi connectivity index (χ2v) is 8.75. The standard InChI is InChI=1S/C14H16N2O5S2/c17-22(18,15-10-12-2-1-9-21-12)13-5-7-14(8-6-13)23(19,20)16-11-3-4-11/h1-2,5-9,11,15-16H,3-4,10H2. The molecule has 124 valence electrons. The van der Waals surface area contributed by atoms with Crippen molar-refractivity contribution >= 4 is 20.0 Å². The van der Waals surface area contributed by atoms with E-state index in [1.807, 2.05) is 0 Å². The molecule has 23 heavy (non-hydrogen) atoms. The average Bonchev–Trinajstić information content (AvgIpc) is 3.16. The maximum atomic E-state index is 12.2. The van der Waals surface area contributed by atoms with Crippen molar-refractivity contribution in [2.45, 2.75) is 35.2 Å². The average molecular weight is 356 g/mol. The molecule has 0 amide bonds. The third kappa shape index (κ3) is 3.99. The molecule has 0 bridgehead atoms. The van der Waals surface area contributed by atoms with E-state index in [0.29, 0.717) is 5.76 Å². The van der Waals surface area contributed by atoms with Gasteiger partial charge in [-0.3, -0.25) is 0 Å². The van der Waals surface area contributed by atoms with Crippen LogP contribution in [0.5, 0.6) is 0 Å². The van der Waals surface area contributed by atoms with E-state index in [9.17, 15) is 16.8 Å². The zero-order valence-electron chi connectivity index (χ0n) is 12.1. The minimum atomic E-state index is -3.73. The normalized spacial score (nSPS) is 15.7. The molecule has 3 rings (SSSR count). The van der Waals surface area contributed by atoms with Crippen molar-refractivity contribution in [1.82, 2.24) is 9.44 Å². The third-order valence-electron chi connectivity index (χ3n) is 3.36. The minimum Gasteiger partial charge on any atom is -0.468 e. The summed E-state index contributed by atoms with van der Waals surface area (Å²) >= 11 is 0. The summed E-state index contributed by atoms with van der Waals surface area (Å²) < 4.78 is 58.4. The molecular weight excluding hydrogens is 340 g/mol. The van der Waals surface area contributed by atoms with Crippen LogP contribution in [0, 0.1) is 0 Å². The molecule has 9 heteroatoms. The van der Waals surface area contributed by atoms with E-state index in [-0.39, 0.29) is 22.4 Å². The first-order valence-electron chi connectivity index (χ1n) is 7.01. The summed E-state index contributed by atoms with van der Waals surface area (Å²) in [6.07, 6.45) is 3.13. The molecule has 0 radical (unpaired) electrons. The number of benzene rings is 1. The highest BCUT2D eigenvalue weighted by molar-refractivity contribution is 7.90. The Morgan fingerprint density at radius 2 is 1.57 bits per heavy atom. The zero-order chi connectivity index (χ0) is 16.5. The number of nitrogens with one attached hydrogen (secondary N) is 2. The highest BCUT2D eigenvalue weighted by atomic mass is 32.2. The fourth-order valence-corrected chi connectivity index (χ4v) is 4.25. The van der Waals surface area contributed by atoms with E-state index in [1.54, 1.807) is 12.1 Å². The van der Waals surface area contributed by atoms with Gasteiger partial charge in [-0.15, -0.1) is 0 Å². The van der Waals surface area contributed by atoms with Gasteiger partial charge in [-0.2, -0.15) is 0 Å². The first-order valence-corrected chi connectivity index (χ1v) is 9.98. The van der Waals surface area contributed by atoms with Crippen LogP contribution >= 0.6 is 0 Å². The number of hydrogen-bond donors (Lipinski definition) is 2. The molecule has 0 unspecified atom stereocenters. The van der Waals surface area contributed by atoms with E-state index in [0.717, 1.165) is 12.8 Å². The van der Waals surface area contributed by atoms with Crippen LogP contribution in [0.1, 0.15) is 18.6 Å². The third-order valence-corrected chi connectivity index (χ3v) is 6.31. The quantitative estimate of drug-likeness (QED) is 0.775. The van der Waals surface area contributed by atoms with Crippen molar-refractivity contribution in [3.8, 4) is 0 Å². The molecule has 1 saturated carbocycles. The molecule has 0 atom stereocenters. The fraction of sp³-hybridized carbons (Fsp3) is 0.286. The van der Waals surface area contributed by atoms with Crippen molar-refractivity contribution < 1.29 is 21.3 Å². The van der Waals surface area contributed by atoms with Gasteiger partial charge in [-0.25, -0.2) is 26.3 Å². The summed E-state index contributed by atoms with van der Waals surface area (Å²) in [5.74, 6) is 0.487. The molecular formula is C14H16N2O5S2. The van der Waals surface area contributed by atoms with Crippen LogP contribution < -0.4 is 9.44 Å². The fourth-order valence-electron chi connectivity index (χ4n) is 1.95. The van der Waals surface area contributed by atoms with Crippen LogP contribution in [0.25, 0.3) is 0 Å². The van der Waals surface area contributed by atoms with Crippen LogP contribution in [0.3, 0.4) is 0 Å². The number of hydrogen-bond acceptors (Lipinski definition) is 5. The van der Waals surface area contributed by atoms with E-state index >= 15 is 0 Å². The Morgan fingerprint density at radius 1 is 0.957 bits per heavy atom. The molecule has 1 fully saturated rings. The van der Waals surface area contributed by atoms with Gasteiger partial charge in [0.25, 0.3) is 0 Å². The molecule has 0 saturated heterocycles. The predicted molar refractivity (Wildman–Crippen MR) is 82.5 cm³/mol. The predicted octanol–water partition coefficient (Wildman–Crippen LogP) is 1.20. The summed E-state index contributed by atoms with van der Waals surface area (Å²) in [7, 11) is -7.32. The van der Waals surface area contributed by atoms with Gasteiger partial charge >= 0.3 is 0 Å². The Labute approximate surface area is 134 Å². The van der Waals surface area contributed by atoms with Crippen LogP contribution in [0.2, 0.25) is 0 Å². The molecule has 7 nitrogen and oxygen atoms in total. The summed E-state index contributed by atoms with van der Waals surface area (Å²) in [6.45, 7) is 0.0264. The lowest BCUT2D eigenvalue weighted by Crippen LogP contribution is -2.26. The Hall–Kier alpha value is -1.68. The minimum absolute atomic E-state index is 0.00151. The van der Waals surface area contributed by atoms with Crippen LogP contribution in [0.4, 0.5) is 0 Å². The molecule has 1 aromatic carbocycles. The Kier molecular flexibility index (Phi) is 4.28. The molecule has 1 aliphatic rings. The van der Waals surface area contributed by atoms with E-state index < -0.39 is 20.0 Å². The Bertz CT molecular complexity index is 868. The number of furan rings is 1. The molecule has 0 spiro atoms. The van der Waals surface area contributed by atoms with Crippen molar-refractivity contribution in [2.75, 3.05) is 0 Å². The second kappa shape index (κ2) is 6.08. The van der Waals surface area contributed by atoms with Gasteiger partial charge in [-0.05, 0) is 49.2 Å². The lowest BCUT2D eigenvalue weighted by atomic mass is 10.4. The molecule has 1 heterocycles. The van der Waals surface area contributed by atoms with Gasteiger partial charge in [0.15, 0.2) is 0 Å². The lowest BCUT2D eigenvalue weighted by molar-refractivity contribution is 0.498. The van der Waals surface area contributed by atoms with Gasteiger partial charge < -0.3 is 4.42 Å². The highest BCUT2D eigenvalue weighted by Crippen LogP contribution is 2.22. The lowest BCUT2D eigenvalue weighted by Gasteiger charge is -2.08. The SMILES string of the molecule is O=S(=O)(NCc1ccco1)c1ccc(S(=O)(=O)NC2CC2)cc1. The second-order valence-electron chi connectivity index (χ2n) is 5.27. The van der Waals surface area contributed by atoms with Gasteiger partial charge in [0.1, 0.15) is 5.76 Å². The number of rotatable bonds is 7. The molecule has 2 aromatic rings. The van der Waals surface area contributed by atoms with Crippen LogP contribution in [-0.4, -0.2) is 22.9 Å². The summed E-state index contributed by atoms with van der Waals surface area (Å²) in [6, 6.07) is 8.42. The van der Waals surface area contributed by atoms with Gasteiger partial charge in [0.05, 0.1) is 22.6 Å². The topological polar surface area (TPSA) is 105 Å². The Morgan fingerprint density at radius 3 is 2.09 bits per heavy atom. The molecule has 1 aromatic heterocycles. The van der Waals surface area contributed by atoms with Crippen molar-refractivity contribution in [3.05, 3.63) is 48.4 Å². The van der Waals surface area contributed by atoms with E-state index in [4.69, 9.17) is 4.42 Å². The largest absolute Gasteiger partial charge is 0.468 e. The molecule has 0 aliphatic heterocycles. The highest BCUT2D eigenvalue weighted by Gasteiger charge is 2.28. The summed E-state index contributed by atoms with van der Waals surface area (Å²) in [5.41, 5.74) is 0. The molecule has 1 aliphatic carbocycles. The van der Waals surface area contributed by atoms with Gasteiger partial charge in [-0.1, -0.05) is 0 Å². The van der Waals surface area contributed by atoms with E-state index in [1.165, 1.54) is 30.5 Å². The number of sulfonamides is 2. The van der Waals surface area contributed by atoms with E-state index in [2.05, 4.69) is 9.44 Å². The van der Waals surface area contributed by atoms with Crippen LogP contribution in [0.15, 0.2) is 56.9 Å². The van der Waals surface area contributed by atoms with Crippen molar-refractivity contribution in [1.29, 1.82) is 0 Å². The van der Waals surface area contributed by atoms with Crippen molar-refractivity contribution in [2.24, 2.45) is 0 Å². The van der Waals surface area contributed by atoms with Crippen LogP contribution in [-0.2, 0) is 26.6 Å². The maximum Gasteiger partial charge on any atom is 0.240 e. The van der Waals surface area contributed by atoms with Crippen molar-refractivity contribution in [3.63, 3.8) is 0 Å². The molecule has 2 N–H and O–H groups in total. The maximum absolute atomic E-state index is 12.2. The monoisotopic (exact) mass is 356 g/mol. The zero-order valence-corrected chi connectivity index (χ0v) is 13.7.